The van der Waals surface area contributed by atoms with Crippen molar-refractivity contribution in [3.05, 3.63) is 32.9 Å². The van der Waals surface area contributed by atoms with Crippen LogP contribution >= 0.6 is 23.2 Å². The monoisotopic (exact) mass is 289 g/mol. The topological polar surface area (TPSA) is 129 Å². The average molecular weight is 290 g/mol. The molecule has 1 aromatic rings. The molecule has 1 heterocycles. The predicted octanol–water partition coefficient (Wildman–Crippen LogP) is 1.47. The first kappa shape index (κ1) is 14.5. The van der Waals surface area contributed by atoms with E-state index in [0.717, 1.165) is 0 Å². The Balaban J connectivity index is 2.76. The van der Waals surface area contributed by atoms with Crippen molar-refractivity contribution >= 4 is 34.8 Å². The number of amides is 1. The Kier molecular flexibility index (Phi) is 5.63. The van der Waals surface area contributed by atoms with Crippen LogP contribution in [0.4, 0.5) is 5.69 Å². The van der Waals surface area contributed by atoms with Gasteiger partial charge in [0.1, 0.15) is 11.2 Å². The number of nitrogens with zero attached hydrogens (tertiary/aromatic N) is 4. The van der Waals surface area contributed by atoms with Crippen molar-refractivity contribution < 1.29 is 4.79 Å². The van der Waals surface area contributed by atoms with Crippen molar-refractivity contribution in [1.29, 1.82) is 0 Å². The Morgan fingerprint density at radius 1 is 1.61 bits per heavy atom. The molecule has 0 aliphatic heterocycles. The molecule has 0 unspecified atom stereocenters. The molecule has 0 saturated carbocycles. The van der Waals surface area contributed by atoms with Crippen LogP contribution in [0.2, 0.25) is 10.3 Å². The highest BCUT2D eigenvalue weighted by atomic mass is 35.5. The lowest BCUT2D eigenvalue weighted by Gasteiger charge is -2.13. The van der Waals surface area contributed by atoms with Gasteiger partial charge in [0.05, 0.1) is 12.2 Å². The van der Waals surface area contributed by atoms with Crippen LogP contribution in [0.1, 0.15) is 0 Å². The standard InChI is InChI=1S/C8H9Cl2N7O/c9-6-2-1-4(7(10)15-6)14-8(18)5(16-11)3-13-17-12/h1-2,5,16H,3,11H2,(H,14,18)/t5-/m1/s1. The second-order valence-corrected chi connectivity index (χ2v) is 3.84. The van der Waals surface area contributed by atoms with Gasteiger partial charge in [0, 0.05) is 4.91 Å². The van der Waals surface area contributed by atoms with Gasteiger partial charge in [-0.3, -0.25) is 10.6 Å². The first-order chi connectivity index (χ1) is 8.58. The fourth-order valence-corrected chi connectivity index (χ4v) is 1.45. The molecular weight excluding hydrogens is 281 g/mol. The maximum Gasteiger partial charge on any atom is 0.243 e. The van der Waals surface area contributed by atoms with Gasteiger partial charge in [-0.15, -0.1) is 0 Å². The molecule has 1 amide bonds. The number of hydrazine groups is 1. The van der Waals surface area contributed by atoms with Crippen LogP contribution in [-0.2, 0) is 4.79 Å². The van der Waals surface area contributed by atoms with Gasteiger partial charge in [-0.1, -0.05) is 28.3 Å². The summed E-state index contributed by atoms with van der Waals surface area (Å²) in [6.07, 6.45) is 0. The number of aromatic nitrogens is 1. The number of pyridine rings is 1. The summed E-state index contributed by atoms with van der Waals surface area (Å²) < 4.78 is 0. The fraction of sp³-hybridized carbons (Fsp3) is 0.250. The lowest BCUT2D eigenvalue weighted by molar-refractivity contribution is -0.117. The van der Waals surface area contributed by atoms with Gasteiger partial charge in [-0.05, 0) is 17.7 Å². The molecule has 1 aromatic heterocycles. The van der Waals surface area contributed by atoms with Crippen molar-refractivity contribution in [3.8, 4) is 0 Å². The van der Waals surface area contributed by atoms with Gasteiger partial charge in [0.25, 0.3) is 0 Å². The summed E-state index contributed by atoms with van der Waals surface area (Å²) in [5.74, 6) is 4.66. The van der Waals surface area contributed by atoms with Crippen molar-refractivity contribution in [2.75, 3.05) is 11.9 Å². The van der Waals surface area contributed by atoms with E-state index in [1.807, 2.05) is 0 Å². The number of azide groups is 1. The van der Waals surface area contributed by atoms with Gasteiger partial charge in [-0.2, -0.15) is 0 Å². The molecule has 0 fully saturated rings. The highest BCUT2D eigenvalue weighted by Crippen LogP contribution is 2.21. The molecule has 0 radical (unpaired) electrons. The van der Waals surface area contributed by atoms with Gasteiger partial charge in [-0.25, -0.2) is 10.4 Å². The first-order valence-corrected chi connectivity index (χ1v) is 5.44. The minimum Gasteiger partial charge on any atom is -0.322 e. The molecular formula is C8H9Cl2N7O. The van der Waals surface area contributed by atoms with Crippen molar-refractivity contribution in [1.82, 2.24) is 10.4 Å². The van der Waals surface area contributed by atoms with E-state index in [9.17, 15) is 4.79 Å². The Labute approximate surface area is 112 Å². The third-order valence-electron chi connectivity index (χ3n) is 1.92. The smallest absolute Gasteiger partial charge is 0.243 e. The molecule has 1 rings (SSSR count). The summed E-state index contributed by atoms with van der Waals surface area (Å²) in [5.41, 5.74) is 10.7. The number of rotatable bonds is 5. The van der Waals surface area contributed by atoms with E-state index in [2.05, 4.69) is 25.8 Å². The van der Waals surface area contributed by atoms with Crippen molar-refractivity contribution in [2.45, 2.75) is 6.04 Å². The zero-order valence-electron chi connectivity index (χ0n) is 8.97. The zero-order chi connectivity index (χ0) is 13.5. The van der Waals surface area contributed by atoms with Gasteiger partial charge >= 0.3 is 0 Å². The van der Waals surface area contributed by atoms with Gasteiger partial charge < -0.3 is 5.32 Å². The second-order valence-electron chi connectivity index (χ2n) is 3.09. The lowest BCUT2D eigenvalue weighted by atomic mass is 10.3. The molecule has 1 atom stereocenters. The number of carbonyl (C=O) groups excluding carboxylic acids is 1. The van der Waals surface area contributed by atoms with Crippen molar-refractivity contribution in [2.24, 2.45) is 11.0 Å². The quantitative estimate of drug-likeness (QED) is 0.189. The van der Waals surface area contributed by atoms with Crippen LogP contribution in [0.25, 0.3) is 10.4 Å². The zero-order valence-corrected chi connectivity index (χ0v) is 10.5. The van der Waals surface area contributed by atoms with Crippen molar-refractivity contribution in [3.63, 3.8) is 0 Å². The van der Waals surface area contributed by atoms with Gasteiger partial charge in [0.15, 0.2) is 5.15 Å². The third-order valence-corrected chi connectivity index (χ3v) is 2.42. The van der Waals surface area contributed by atoms with E-state index in [0.29, 0.717) is 0 Å². The Morgan fingerprint density at radius 3 is 2.89 bits per heavy atom. The van der Waals surface area contributed by atoms with E-state index in [1.165, 1.54) is 12.1 Å². The highest BCUT2D eigenvalue weighted by molar-refractivity contribution is 6.34. The Hall–Kier alpha value is -1.57. The van der Waals surface area contributed by atoms with E-state index in [-0.39, 0.29) is 22.5 Å². The van der Waals surface area contributed by atoms with Crippen LogP contribution in [0.5, 0.6) is 0 Å². The molecule has 0 bridgehead atoms. The van der Waals surface area contributed by atoms with Crippen LogP contribution in [-0.4, -0.2) is 23.5 Å². The molecule has 8 nitrogen and oxygen atoms in total. The third kappa shape index (κ3) is 4.02. The lowest BCUT2D eigenvalue weighted by Crippen LogP contribution is -2.46. The molecule has 0 aliphatic rings. The summed E-state index contributed by atoms with van der Waals surface area (Å²) in [6.45, 7) is -0.128. The largest absolute Gasteiger partial charge is 0.322 e. The second kappa shape index (κ2) is 7.00. The summed E-state index contributed by atoms with van der Waals surface area (Å²) in [7, 11) is 0. The van der Waals surface area contributed by atoms with E-state index < -0.39 is 11.9 Å². The Bertz CT molecular complexity index is 488. The van der Waals surface area contributed by atoms with E-state index in [1.54, 1.807) is 0 Å². The molecule has 0 saturated heterocycles. The summed E-state index contributed by atoms with van der Waals surface area (Å²) in [6, 6.07) is 2.10. The van der Waals surface area contributed by atoms with Crippen LogP contribution in [0.3, 0.4) is 0 Å². The summed E-state index contributed by atoms with van der Waals surface area (Å²) >= 11 is 11.4. The van der Waals surface area contributed by atoms with Gasteiger partial charge in [0.2, 0.25) is 5.91 Å². The summed E-state index contributed by atoms with van der Waals surface area (Å²) in [4.78, 5) is 18.0. The van der Waals surface area contributed by atoms with Crippen LogP contribution in [0.15, 0.2) is 17.2 Å². The molecule has 96 valence electrons. The number of hydrogen-bond acceptors (Lipinski definition) is 5. The molecule has 4 N–H and O–H groups in total. The Morgan fingerprint density at radius 2 is 2.33 bits per heavy atom. The minimum atomic E-state index is -0.868. The van der Waals surface area contributed by atoms with E-state index >= 15 is 0 Å². The number of hydrogen-bond donors (Lipinski definition) is 3. The number of carbonyl (C=O) groups is 1. The molecule has 18 heavy (non-hydrogen) atoms. The predicted molar refractivity (Wildman–Crippen MR) is 68.0 cm³/mol. The molecule has 0 aromatic carbocycles. The highest BCUT2D eigenvalue weighted by Gasteiger charge is 2.17. The van der Waals surface area contributed by atoms with Crippen LogP contribution < -0.4 is 16.6 Å². The maximum absolute atomic E-state index is 11.7. The number of nitrogens with one attached hydrogen (secondary N) is 2. The fourth-order valence-electron chi connectivity index (χ4n) is 1.05. The number of nitrogens with two attached hydrogens (primary N) is 1. The minimum absolute atomic E-state index is 0.0513. The SMILES string of the molecule is [N-]=[N+]=NC[C@@H](NN)C(=O)Nc1ccc(Cl)nc1Cl. The number of anilines is 1. The summed E-state index contributed by atoms with van der Waals surface area (Å²) in [5, 5.41) is 5.99. The van der Waals surface area contributed by atoms with Crippen LogP contribution in [0, 0.1) is 0 Å². The van der Waals surface area contributed by atoms with E-state index in [4.69, 9.17) is 34.6 Å². The molecule has 0 aliphatic carbocycles. The normalized spacial score (nSPS) is 11.5. The maximum atomic E-state index is 11.7. The molecule has 10 heteroatoms. The average Bonchev–Trinajstić information content (AvgIpc) is 2.34. The molecule has 0 spiro atoms. The number of halogens is 2. The first-order valence-electron chi connectivity index (χ1n) is 4.68.